The first kappa shape index (κ1) is 16.3. The van der Waals surface area contributed by atoms with E-state index in [1.54, 1.807) is 31.3 Å². The molecule has 7 heteroatoms. The van der Waals surface area contributed by atoms with Crippen molar-refractivity contribution >= 4 is 17.7 Å². The monoisotopic (exact) mass is 343 g/mol. The van der Waals surface area contributed by atoms with Crippen molar-refractivity contribution in [3.8, 4) is 11.5 Å². The normalized spacial score (nSPS) is 10.8. The van der Waals surface area contributed by atoms with Gasteiger partial charge in [-0.15, -0.1) is 10.2 Å². The Labute approximate surface area is 143 Å². The number of aromatic nitrogens is 2. The van der Waals surface area contributed by atoms with E-state index in [1.807, 2.05) is 31.2 Å². The third-order valence-corrected chi connectivity index (χ3v) is 4.35. The molecule has 124 valence electrons. The summed E-state index contributed by atoms with van der Waals surface area (Å²) in [5.41, 5.74) is 2.56. The van der Waals surface area contributed by atoms with Gasteiger partial charge in [0.1, 0.15) is 5.76 Å². The highest BCUT2D eigenvalue weighted by Gasteiger charge is 2.13. The highest BCUT2D eigenvalue weighted by atomic mass is 32.2. The van der Waals surface area contributed by atoms with Gasteiger partial charge in [-0.1, -0.05) is 23.9 Å². The molecule has 6 nitrogen and oxygen atoms in total. The number of rotatable bonds is 5. The lowest BCUT2D eigenvalue weighted by molar-refractivity contribution is 0.0827. The van der Waals surface area contributed by atoms with Crippen LogP contribution in [0, 0.1) is 6.92 Å². The van der Waals surface area contributed by atoms with Gasteiger partial charge in [0.05, 0.1) is 11.8 Å². The number of benzene rings is 1. The van der Waals surface area contributed by atoms with Crippen molar-refractivity contribution in [1.82, 2.24) is 15.1 Å². The summed E-state index contributed by atoms with van der Waals surface area (Å²) in [6, 6.07) is 9.32. The fourth-order valence-corrected chi connectivity index (χ4v) is 2.85. The Morgan fingerprint density at radius 2 is 1.92 bits per heavy atom. The zero-order chi connectivity index (χ0) is 17.1. The fourth-order valence-electron chi connectivity index (χ4n) is 2.13. The Morgan fingerprint density at radius 3 is 2.54 bits per heavy atom. The van der Waals surface area contributed by atoms with Crippen LogP contribution in [0.2, 0.25) is 0 Å². The molecule has 0 fully saturated rings. The molecule has 0 atom stereocenters. The highest BCUT2D eigenvalue weighted by Crippen LogP contribution is 2.27. The number of thioether (sulfide) groups is 1. The van der Waals surface area contributed by atoms with Gasteiger partial charge in [0.2, 0.25) is 0 Å². The first-order valence-electron chi connectivity index (χ1n) is 7.36. The van der Waals surface area contributed by atoms with E-state index in [0.29, 0.717) is 22.4 Å². The second-order valence-electron chi connectivity index (χ2n) is 5.45. The Hall–Kier alpha value is -2.54. The van der Waals surface area contributed by atoms with Crippen molar-refractivity contribution in [2.24, 2.45) is 0 Å². The molecular formula is C17H17N3O3S. The van der Waals surface area contributed by atoms with Gasteiger partial charge in [-0.05, 0) is 30.7 Å². The van der Waals surface area contributed by atoms with E-state index >= 15 is 0 Å². The minimum absolute atomic E-state index is 0.00812. The van der Waals surface area contributed by atoms with Crippen LogP contribution < -0.4 is 0 Å². The Morgan fingerprint density at radius 1 is 1.17 bits per heavy atom. The summed E-state index contributed by atoms with van der Waals surface area (Å²) in [5, 5.41) is 8.58. The Kier molecular flexibility index (Phi) is 4.71. The molecule has 0 saturated heterocycles. The molecule has 0 aliphatic rings. The van der Waals surface area contributed by atoms with Gasteiger partial charge in [0.15, 0.2) is 0 Å². The molecule has 0 bridgehead atoms. The van der Waals surface area contributed by atoms with E-state index in [9.17, 15) is 4.79 Å². The summed E-state index contributed by atoms with van der Waals surface area (Å²) < 4.78 is 10.9. The molecular weight excluding hydrogens is 326 g/mol. The molecule has 3 rings (SSSR count). The number of carbonyl (C=O) groups excluding carboxylic acids is 1. The third kappa shape index (κ3) is 3.51. The second kappa shape index (κ2) is 6.92. The number of aryl methyl sites for hydroxylation is 1. The first-order valence-corrected chi connectivity index (χ1v) is 8.34. The Balaban J connectivity index is 1.63. The lowest BCUT2D eigenvalue weighted by atomic mass is 10.1. The van der Waals surface area contributed by atoms with Crippen molar-refractivity contribution in [3.63, 3.8) is 0 Å². The van der Waals surface area contributed by atoms with E-state index in [4.69, 9.17) is 8.83 Å². The number of carbonyl (C=O) groups is 1. The molecule has 2 heterocycles. The largest absolute Gasteiger partial charge is 0.469 e. The molecule has 24 heavy (non-hydrogen) atoms. The minimum atomic E-state index is -0.00812. The Bertz CT molecular complexity index is 837. The molecule has 0 aliphatic carbocycles. The average molecular weight is 343 g/mol. The number of nitrogens with zero attached hydrogens (tertiary/aromatic N) is 3. The van der Waals surface area contributed by atoms with E-state index < -0.39 is 0 Å². The van der Waals surface area contributed by atoms with Crippen LogP contribution in [0.3, 0.4) is 0 Å². The van der Waals surface area contributed by atoms with E-state index in [1.165, 1.54) is 11.8 Å². The number of hydrogen-bond donors (Lipinski definition) is 0. The number of furan rings is 1. The molecule has 0 unspecified atom stereocenters. The molecule has 0 N–H and O–H groups in total. The molecule has 0 spiro atoms. The topological polar surface area (TPSA) is 72.4 Å². The molecule has 1 amide bonds. The van der Waals surface area contributed by atoms with Gasteiger partial charge in [-0.25, -0.2) is 0 Å². The van der Waals surface area contributed by atoms with Crippen LogP contribution in [0.15, 0.2) is 50.7 Å². The summed E-state index contributed by atoms with van der Waals surface area (Å²) >= 11 is 1.45. The van der Waals surface area contributed by atoms with Crippen LogP contribution in [0.5, 0.6) is 0 Å². The van der Waals surface area contributed by atoms with Gasteiger partial charge in [-0.3, -0.25) is 4.79 Å². The van der Waals surface area contributed by atoms with Crippen molar-refractivity contribution in [2.45, 2.75) is 17.9 Å². The summed E-state index contributed by atoms with van der Waals surface area (Å²) in [6.07, 6.45) is 1.60. The van der Waals surface area contributed by atoms with Gasteiger partial charge in [-0.2, -0.15) is 0 Å². The first-order chi connectivity index (χ1) is 11.5. The van der Waals surface area contributed by atoms with Gasteiger partial charge >= 0.3 is 0 Å². The van der Waals surface area contributed by atoms with Gasteiger partial charge < -0.3 is 13.7 Å². The van der Waals surface area contributed by atoms with Gasteiger partial charge in [0.25, 0.3) is 17.0 Å². The maximum atomic E-state index is 11.9. The summed E-state index contributed by atoms with van der Waals surface area (Å²) in [4.78, 5) is 13.4. The van der Waals surface area contributed by atoms with Crippen LogP contribution in [0.1, 0.15) is 21.7 Å². The molecule has 2 aromatic heterocycles. The van der Waals surface area contributed by atoms with Crippen molar-refractivity contribution < 1.29 is 13.6 Å². The quantitative estimate of drug-likeness (QED) is 0.659. The van der Waals surface area contributed by atoms with Crippen molar-refractivity contribution in [3.05, 3.63) is 53.5 Å². The maximum Gasteiger partial charge on any atom is 0.277 e. The lowest BCUT2D eigenvalue weighted by Gasteiger charge is -2.10. The zero-order valence-electron chi connectivity index (χ0n) is 13.6. The third-order valence-electron chi connectivity index (χ3n) is 3.47. The molecule has 0 aliphatic heterocycles. The van der Waals surface area contributed by atoms with Crippen LogP contribution in [-0.4, -0.2) is 35.1 Å². The predicted octanol–water partition coefficient (Wildman–Crippen LogP) is 3.63. The molecule has 3 aromatic rings. The van der Waals surface area contributed by atoms with Crippen LogP contribution in [-0.2, 0) is 5.75 Å². The molecule has 1 aromatic carbocycles. The highest BCUT2D eigenvalue weighted by molar-refractivity contribution is 7.98. The minimum Gasteiger partial charge on any atom is -0.469 e. The second-order valence-corrected chi connectivity index (χ2v) is 6.38. The van der Waals surface area contributed by atoms with Gasteiger partial charge in [0, 0.05) is 25.4 Å². The van der Waals surface area contributed by atoms with Crippen molar-refractivity contribution in [2.75, 3.05) is 14.1 Å². The smallest absolute Gasteiger partial charge is 0.277 e. The molecule has 0 radical (unpaired) electrons. The summed E-state index contributed by atoms with van der Waals surface area (Å²) in [6.45, 7) is 1.85. The molecule has 0 saturated carbocycles. The number of amides is 1. The van der Waals surface area contributed by atoms with Crippen LogP contribution in [0.25, 0.3) is 11.5 Å². The fraction of sp³-hybridized carbons (Fsp3) is 0.235. The lowest BCUT2D eigenvalue weighted by Crippen LogP contribution is -2.21. The SMILES string of the molecule is Cc1occc1-c1nnc(SCc2ccc(C(=O)N(C)C)cc2)o1. The zero-order valence-corrected chi connectivity index (χ0v) is 14.5. The maximum absolute atomic E-state index is 11.9. The predicted molar refractivity (Wildman–Crippen MR) is 90.8 cm³/mol. The summed E-state index contributed by atoms with van der Waals surface area (Å²) in [7, 11) is 3.47. The van der Waals surface area contributed by atoms with Crippen LogP contribution >= 0.6 is 11.8 Å². The standard InChI is InChI=1S/C17H17N3O3S/c1-11-14(8-9-22-11)15-18-19-17(23-15)24-10-12-4-6-13(7-5-12)16(21)20(2)3/h4-9H,10H2,1-3H3. The van der Waals surface area contributed by atoms with E-state index in [0.717, 1.165) is 16.9 Å². The van der Waals surface area contributed by atoms with E-state index in [2.05, 4.69) is 10.2 Å². The average Bonchev–Trinajstić information content (AvgIpc) is 3.21. The van der Waals surface area contributed by atoms with Crippen molar-refractivity contribution in [1.29, 1.82) is 0 Å². The number of hydrogen-bond acceptors (Lipinski definition) is 6. The van der Waals surface area contributed by atoms with E-state index in [-0.39, 0.29) is 5.91 Å². The van der Waals surface area contributed by atoms with Crippen LogP contribution in [0.4, 0.5) is 0 Å². The summed E-state index contributed by atoms with van der Waals surface area (Å²) in [5.74, 6) is 1.88.